The quantitative estimate of drug-likeness (QED) is 0.132. The van der Waals surface area contributed by atoms with Crippen LogP contribution in [0.2, 0.25) is 0 Å². The lowest BCUT2D eigenvalue weighted by Crippen LogP contribution is -2.25. The van der Waals surface area contributed by atoms with Gasteiger partial charge in [0.2, 0.25) is 0 Å². The van der Waals surface area contributed by atoms with E-state index in [1.165, 1.54) is 109 Å². The van der Waals surface area contributed by atoms with Crippen LogP contribution in [0, 0.1) is 5.41 Å². The van der Waals surface area contributed by atoms with Gasteiger partial charge in [-0.2, -0.15) is 0 Å². The van der Waals surface area contributed by atoms with Crippen molar-refractivity contribution < 1.29 is 14.6 Å². The van der Waals surface area contributed by atoms with Crippen LogP contribution in [0.3, 0.4) is 0 Å². The number of unbranched alkanes of at least 4 members (excludes halogenated alkanes) is 18. The van der Waals surface area contributed by atoms with Crippen LogP contribution >= 0.6 is 0 Å². The van der Waals surface area contributed by atoms with Crippen LogP contribution in [0.25, 0.3) is 0 Å². The Bertz CT molecular complexity index is 365. The third-order valence-electron chi connectivity index (χ3n) is 6.04. The molecular weight excluding hydrogens is 372 g/mol. The molecule has 0 aliphatic rings. The van der Waals surface area contributed by atoms with Crippen molar-refractivity contribution in [1.29, 1.82) is 0 Å². The monoisotopic (exact) mass is 426 g/mol. The third kappa shape index (κ3) is 22.1. The molecule has 3 heteroatoms. The molecule has 0 spiro atoms. The second-order valence-corrected chi connectivity index (χ2v) is 10.1. The van der Waals surface area contributed by atoms with Gasteiger partial charge in [-0.05, 0) is 6.42 Å². The highest BCUT2D eigenvalue weighted by atomic mass is 16.5. The smallest absolute Gasteiger partial charge is 0.305 e. The first-order valence-corrected chi connectivity index (χ1v) is 13.3. The number of carbonyl (C=O) groups excluding carboxylic acids is 1. The van der Waals surface area contributed by atoms with E-state index in [9.17, 15) is 4.79 Å². The molecule has 0 saturated heterocycles. The summed E-state index contributed by atoms with van der Waals surface area (Å²) in [6.07, 6.45) is 26.4. The van der Waals surface area contributed by atoms with Gasteiger partial charge in [0.15, 0.2) is 0 Å². The van der Waals surface area contributed by atoms with Crippen molar-refractivity contribution in [2.24, 2.45) is 5.41 Å². The van der Waals surface area contributed by atoms with Gasteiger partial charge in [0.1, 0.15) is 0 Å². The molecule has 0 aromatic carbocycles. The number of carbonyl (C=O) groups is 1. The van der Waals surface area contributed by atoms with Gasteiger partial charge >= 0.3 is 5.97 Å². The molecule has 0 aliphatic carbocycles. The molecule has 0 aromatic heterocycles. The minimum atomic E-state index is -0.330. The van der Waals surface area contributed by atoms with Gasteiger partial charge in [-0.25, -0.2) is 0 Å². The van der Waals surface area contributed by atoms with E-state index in [0.717, 1.165) is 12.8 Å². The van der Waals surface area contributed by atoms with E-state index in [1.54, 1.807) is 0 Å². The summed E-state index contributed by atoms with van der Waals surface area (Å²) in [6.45, 7) is 6.43. The predicted molar refractivity (Wildman–Crippen MR) is 130 cm³/mol. The number of aliphatic hydroxyl groups excluding tert-OH is 1. The van der Waals surface area contributed by atoms with Crippen LogP contribution in [0.4, 0.5) is 0 Å². The first-order chi connectivity index (χ1) is 14.5. The molecule has 0 heterocycles. The lowest BCUT2D eigenvalue weighted by atomic mass is 9.96. The average Bonchev–Trinajstić information content (AvgIpc) is 2.74. The Balaban J connectivity index is 3.17. The van der Waals surface area contributed by atoms with E-state index < -0.39 is 0 Å². The van der Waals surface area contributed by atoms with Crippen molar-refractivity contribution in [3.63, 3.8) is 0 Å². The molecule has 3 nitrogen and oxygen atoms in total. The Kier molecular flexibility index (Phi) is 21.2. The highest BCUT2D eigenvalue weighted by Crippen LogP contribution is 2.16. The Morgan fingerprint density at radius 3 is 1.30 bits per heavy atom. The number of hydrogen-bond donors (Lipinski definition) is 1. The Morgan fingerprint density at radius 1 is 0.633 bits per heavy atom. The predicted octanol–water partition coefficient (Wildman–Crippen LogP) is 8.37. The van der Waals surface area contributed by atoms with Gasteiger partial charge in [-0.1, -0.05) is 136 Å². The fourth-order valence-corrected chi connectivity index (χ4v) is 3.74. The molecule has 180 valence electrons. The van der Waals surface area contributed by atoms with Crippen molar-refractivity contribution in [3.05, 3.63) is 0 Å². The first kappa shape index (κ1) is 29.4. The van der Waals surface area contributed by atoms with Crippen molar-refractivity contribution in [2.75, 3.05) is 13.2 Å². The maximum atomic E-state index is 11.7. The van der Waals surface area contributed by atoms with Crippen LogP contribution in [-0.2, 0) is 9.53 Å². The van der Waals surface area contributed by atoms with E-state index in [4.69, 9.17) is 9.84 Å². The van der Waals surface area contributed by atoms with Gasteiger partial charge in [0.05, 0.1) is 13.2 Å². The Hall–Kier alpha value is -0.570. The van der Waals surface area contributed by atoms with E-state index in [0.29, 0.717) is 13.0 Å². The van der Waals surface area contributed by atoms with Gasteiger partial charge in [0.25, 0.3) is 0 Å². The summed E-state index contributed by atoms with van der Waals surface area (Å²) in [7, 11) is 0. The zero-order valence-corrected chi connectivity index (χ0v) is 20.8. The van der Waals surface area contributed by atoms with E-state index >= 15 is 0 Å². The lowest BCUT2D eigenvalue weighted by Gasteiger charge is -2.20. The zero-order chi connectivity index (χ0) is 22.3. The maximum Gasteiger partial charge on any atom is 0.305 e. The highest BCUT2D eigenvalue weighted by Gasteiger charge is 2.18. The second-order valence-electron chi connectivity index (χ2n) is 10.1. The molecule has 0 saturated carbocycles. The number of aliphatic hydroxyl groups is 1. The van der Waals surface area contributed by atoms with Gasteiger partial charge < -0.3 is 9.84 Å². The fraction of sp³-hybridized carbons (Fsp3) is 0.963. The summed E-state index contributed by atoms with van der Waals surface area (Å²) < 4.78 is 5.24. The third-order valence-corrected chi connectivity index (χ3v) is 6.04. The summed E-state index contributed by atoms with van der Waals surface area (Å²) >= 11 is 0. The van der Waals surface area contributed by atoms with Crippen molar-refractivity contribution in [3.8, 4) is 0 Å². The summed E-state index contributed by atoms with van der Waals surface area (Å²) in [5.74, 6) is -0.122. The number of esters is 1. The van der Waals surface area contributed by atoms with Gasteiger partial charge in [-0.15, -0.1) is 0 Å². The molecule has 0 radical (unpaired) electrons. The van der Waals surface area contributed by atoms with E-state index in [2.05, 4.69) is 6.92 Å². The molecule has 0 rings (SSSR count). The molecule has 0 amide bonds. The average molecular weight is 427 g/mol. The summed E-state index contributed by atoms with van der Waals surface area (Å²) in [4.78, 5) is 11.7. The largest absolute Gasteiger partial charge is 0.465 e. The Morgan fingerprint density at radius 2 is 0.967 bits per heavy atom. The van der Waals surface area contributed by atoms with Crippen LogP contribution in [-0.4, -0.2) is 24.3 Å². The SMILES string of the molecule is CCCCCCCCCCCCCCCCCCCCCC(=O)OCC(C)(C)CO. The van der Waals surface area contributed by atoms with E-state index in [1.807, 2.05) is 13.8 Å². The molecule has 0 atom stereocenters. The molecule has 30 heavy (non-hydrogen) atoms. The molecule has 0 aromatic rings. The topological polar surface area (TPSA) is 46.5 Å². The molecule has 0 fully saturated rings. The number of rotatable bonds is 23. The van der Waals surface area contributed by atoms with Crippen LogP contribution in [0.15, 0.2) is 0 Å². The van der Waals surface area contributed by atoms with Gasteiger partial charge in [-0.3, -0.25) is 4.79 Å². The first-order valence-electron chi connectivity index (χ1n) is 13.3. The minimum absolute atomic E-state index is 0.0412. The van der Waals surface area contributed by atoms with Crippen molar-refractivity contribution >= 4 is 5.97 Å². The number of ether oxygens (including phenoxy) is 1. The standard InChI is InChI=1S/C27H54O3/c1-4-5-6-7-8-9-10-11-12-13-14-15-16-17-18-19-20-21-22-23-26(29)30-25-27(2,3)24-28/h28H,4-25H2,1-3H3. The normalized spacial score (nSPS) is 11.7. The number of hydrogen-bond acceptors (Lipinski definition) is 3. The van der Waals surface area contributed by atoms with Crippen LogP contribution in [0.5, 0.6) is 0 Å². The lowest BCUT2D eigenvalue weighted by molar-refractivity contribution is -0.147. The highest BCUT2D eigenvalue weighted by molar-refractivity contribution is 5.69. The van der Waals surface area contributed by atoms with Crippen LogP contribution in [0.1, 0.15) is 149 Å². The summed E-state index contributed by atoms with van der Waals surface area (Å²) in [6, 6.07) is 0. The second kappa shape index (κ2) is 21.7. The molecule has 0 unspecified atom stereocenters. The fourth-order valence-electron chi connectivity index (χ4n) is 3.74. The zero-order valence-electron chi connectivity index (χ0n) is 20.8. The van der Waals surface area contributed by atoms with Crippen molar-refractivity contribution in [2.45, 2.75) is 149 Å². The molecule has 0 aliphatic heterocycles. The van der Waals surface area contributed by atoms with Crippen LogP contribution < -0.4 is 0 Å². The molecule has 1 N–H and O–H groups in total. The molecular formula is C27H54O3. The van der Waals surface area contributed by atoms with E-state index in [-0.39, 0.29) is 18.0 Å². The van der Waals surface area contributed by atoms with Crippen molar-refractivity contribution in [1.82, 2.24) is 0 Å². The van der Waals surface area contributed by atoms with Gasteiger partial charge in [0, 0.05) is 11.8 Å². The molecule has 0 bridgehead atoms. The summed E-state index contributed by atoms with van der Waals surface area (Å²) in [5, 5.41) is 9.16. The summed E-state index contributed by atoms with van der Waals surface area (Å²) in [5.41, 5.74) is -0.330. The Labute approximate surface area is 188 Å². The minimum Gasteiger partial charge on any atom is -0.465 e. The maximum absolute atomic E-state index is 11.7.